The van der Waals surface area contributed by atoms with Crippen LogP contribution in [-0.2, 0) is 12.8 Å². The van der Waals surface area contributed by atoms with Gasteiger partial charge in [0, 0.05) is 45.2 Å². The minimum atomic E-state index is -0.316. The van der Waals surface area contributed by atoms with Gasteiger partial charge in [0.05, 0.1) is 22.5 Å². The van der Waals surface area contributed by atoms with Crippen molar-refractivity contribution in [2.75, 3.05) is 50.0 Å². The van der Waals surface area contributed by atoms with Crippen molar-refractivity contribution in [1.82, 2.24) is 30.2 Å². The molecule has 190 valence electrons. The van der Waals surface area contributed by atoms with Crippen molar-refractivity contribution < 1.29 is 9.21 Å². The molecule has 0 aliphatic carbocycles. The maximum Gasteiger partial charge on any atom is 0.321 e. The molecule has 0 bridgehead atoms. The summed E-state index contributed by atoms with van der Waals surface area (Å²) in [5.74, 6) is 2.14. The van der Waals surface area contributed by atoms with Crippen molar-refractivity contribution in [2.45, 2.75) is 47.5 Å². The van der Waals surface area contributed by atoms with Crippen LogP contribution >= 0.6 is 11.3 Å². The second-order valence-electron chi connectivity index (χ2n) is 8.28. The number of amides is 2. The molecule has 10 nitrogen and oxygen atoms in total. The molecule has 0 aliphatic heterocycles. The van der Waals surface area contributed by atoms with E-state index >= 15 is 0 Å². The fourth-order valence-electron chi connectivity index (χ4n) is 3.51. The van der Waals surface area contributed by atoms with Crippen LogP contribution in [0.3, 0.4) is 0 Å². The summed E-state index contributed by atoms with van der Waals surface area (Å²) in [7, 11) is 2.01. The molecule has 3 aromatic heterocycles. The molecule has 3 heterocycles. The number of nitrogens with one attached hydrogen (secondary N) is 2. The molecule has 11 heteroatoms. The SMILES string of the molecule is CCc1cnc(CCNC(=O)Nc2nc(C)c(-c3cc(C)nc(N(C)CCN(CC)CC)n3)s2)o1. The van der Waals surface area contributed by atoms with Crippen LogP contribution in [0.1, 0.15) is 43.8 Å². The quantitative estimate of drug-likeness (QED) is 0.385. The maximum absolute atomic E-state index is 12.4. The first kappa shape index (κ1) is 26.6. The van der Waals surface area contributed by atoms with Gasteiger partial charge in [0.2, 0.25) is 5.95 Å². The van der Waals surface area contributed by atoms with Gasteiger partial charge >= 0.3 is 6.03 Å². The van der Waals surface area contributed by atoms with Gasteiger partial charge in [-0.25, -0.2) is 24.7 Å². The largest absolute Gasteiger partial charge is 0.446 e. The number of urea groups is 1. The molecule has 0 aromatic carbocycles. The molecule has 0 saturated carbocycles. The molecular weight excluding hydrogens is 464 g/mol. The normalized spacial score (nSPS) is 11.2. The molecule has 3 rings (SSSR count). The fraction of sp³-hybridized carbons (Fsp3) is 0.542. The van der Waals surface area contributed by atoms with E-state index in [1.54, 1.807) is 6.20 Å². The number of rotatable bonds is 12. The molecule has 3 aromatic rings. The highest BCUT2D eigenvalue weighted by Crippen LogP contribution is 2.32. The van der Waals surface area contributed by atoms with E-state index < -0.39 is 0 Å². The van der Waals surface area contributed by atoms with Gasteiger partial charge in [-0.15, -0.1) is 0 Å². The number of carbonyl (C=O) groups excluding carboxylic acids is 1. The molecule has 2 N–H and O–H groups in total. The lowest BCUT2D eigenvalue weighted by atomic mass is 10.2. The fourth-order valence-corrected chi connectivity index (χ4v) is 4.43. The molecule has 35 heavy (non-hydrogen) atoms. The van der Waals surface area contributed by atoms with Crippen LogP contribution in [0.15, 0.2) is 16.7 Å². The highest BCUT2D eigenvalue weighted by molar-refractivity contribution is 7.19. The summed E-state index contributed by atoms with van der Waals surface area (Å²) >= 11 is 1.40. The van der Waals surface area contributed by atoms with Crippen molar-refractivity contribution in [1.29, 1.82) is 0 Å². The predicted octanol–water partition coefficient (Wildman–Crippen LogP) is 3.91. The van der Waals surface area contributed by atoms with Gasteiger partial charge in [0.25, 0.3) is 0 Å². The van der Waals surface area contributed by atoms with Crippen LogP contribution < -0.4 is 15.5 Å². The van der Waals surface area contributed by atoms with Crippen LogP contribution in [-0.4, -0.2) is 70.6 Å². The average Bonchev–Trinajstić information content (AvgIpc) is 3.45. The monoisotopic (exact) mass is 500 g/mol. The first-order chi connectivity index (χ1) is 16.8. The summed E-state index contributed by atoms with van der Waals surface area (Å²) < 4.78 is 5.56. The summed E-state index contributed by atoms with van der Waals surface area (Å²) in [6, 6.07) is 1.63. The summed E-state index contributed by atoms with van der Waals surface area (Å²) in [4.78, 5) is 35.9. The smallest absolute Gasteiger partial charge is 0.321 e. The van der Waals surface area contributed by atoms with Crippen molar-refractivity contribution in [3.05, 3.63) is 35.3 Å². The zero-order valence-corrected chi connectivity index (χ0v) is 22.3. The van der Waals surface area contributed by atoms with E-state index in [1.165, 1.54) is 11.3 Å². The van der Waals surface area contributed by atoms with Gasteiger partial charge in [0.15, 0.2) is 11.0 Å². The van der Waals surface area contributed by atoms with Gasteiger partial charge in [-0.1, -0.05) is 32.1 Å². The van der Waals surface area contributed by atoms with E-state index in [-0.39, 0.29) is 6.03 Å². The summed E-state index contributed by atoms with van der Waals surface area (Å²) in [6.45, 7) is 14.5. The number of aromatic nitrogens is 4. The number of aryl methyl sites for hydroxylation is 3. The lowest BCUT2D eigenvalue weighted by molar-refractivity contribution is 0.252. The predicted molar refractivity (Wildman–Crippen MR) is 140 cm³/mol. The average molecular weight is 501 g/mol. The van der Waals surface area contributed by atoms with Crippen molar-refractivity contribution in [3.63, 3.8) is 0 Å². The van der Waals surface area contributed by atoms with E-state index in [1.807, 2.05) is 33.9 Å². The van der Waals surface area contributed by atoms with Crippen LogP contribution in [0.25, 0.3) is 10.6 Å². The van der Waals surface area contributed by atoms with Crippen LogP contribution in [0.2, 0.25) is 0 Å². The summed E-state index contributed by atoms with van der Waals surface area (Å²) in [5, 5.41) is 6.16. The Balaban J connectivity index is 1.62. The standard InChI is InChI=1S/C24H36N8O2S/c1-7-18-15-26-20(34-18)10-11-25-23(33)30-24-28-17(5)21(35-24)19-14-16(4)27-22(29-19)31(6)12-13-32(8-2)9-3/h14-15H,7-13H2,1-6H3,(H2,25,28,30,33). The van der Waals surface area contributed by atoms with Crippen LogP contribution in [0, 0.1) is 13.8 Å². The Kier molecular flexibility index (Phi) is 9.55. The topological polar surface area (TPSA) is 112 Å². The number of anilines is 2. The molecule has 2 amide bonds. The Morgan fingerprint density at radius 2 is 1.89 bits per heavy atom. The third kappa shape index (κ3) is 7.46. The summed E-state index contributed by atoms with van der Waals surface area (Å²) in [6.07, 6.45) is 3.05. The highest BCUT2D eigenvalue weighted by atomic mass is 32.1. The molecule has 0 radical (unpaired) electrons. The van der Waals surface area contributed by atoms with Crippen molar-refractivity contribution >= 4 is 28.4 Å². The van der Waals surface area contributed by atoms with E-state index in [2.05, 4.69) is 49.2 Å². The first-order valence-electron chi connectivity index (χ1n) is 12.1. The molecule has 0 spiro atoms. The molecule has 0 fully saturated rings. The zero-order chi connectivity index (χ0) is 25.4. The number of thiazole rings is 1. The third-order valence-electron chi connectivity index (χ3n) is 5.65. The third-order valence-corrected chi connectivity index (χ3v) is 6.75. The number of hydrogen-bond acceptors (Lipinski definition) is 9. The second kappa shape index (κ2) is 12.6. The molecule has 0 unspecified atom stereocenters. The van der Waals surface area contributed by atoms with Gasteiger partial charge < -0.3 is 19.5 Å². The molecule has 0 aliphatic rings. The number of hydrogen-bond donors (Lipinski definition) is 2. The highest BCUT2D eigenvalue weighted by Gasteiger charge is 2.16. The number of carbonyl (C=O) groups is 1. The van der Waals surface area contributed by atoms with E-state index in [0.29, 0.717) is 29.9 Å². The number of oxazole rings is 1. The zero-order valence-electron chi connectivity index (χ0n) is 21.5. The van der Waals surface area contributed by atoms with Crippen LogP contribution in [0.4, 0.5) is 15.9 Å². The maximum atomic E-state index is 12.4. The van der Waals surface area contributed by atoms with E-state index in [9.17, 15) is 4.79 Å². The molecule has 0 saturated heterocycles. The minimum absolute atomic E-state index is 0.316. The first-order valence-corrected chi connectivity index (χ1v) is 12.9. The van der Waals surface area contributed by atoms with Gasteiger partial charge in [-0.2, -0.15) is 0 Å². The lowest BCUT2D eigenvalue weighted by Gasteiger charge is -2.23. The van der Waals surface area contributed by atoms with E-state index in [0.717, 1.165) is 60.3 Å². The Morgan fingerprint density at radius 1 is 1.11 bits per heavy atom. The Morgan fingerprint density at radius 3 is 2.57 bits per heavy atom. The molecular formula is C24H36N8O2S. The number of likely N-dealkylation sites (N-methyl/N-ethyl adjacent to an activating group) is 2. The number of nitrogens with zero attached hydrogens (tertiary/aromatic N) is 6. The van der Waals surface area contributed by atoms with Gasteiger partial charge in [-0.3, -0.25) is 5.32 Å². The molecule has 0 atom stereocenters. The van der Waals surface area contributed by atoms with Crippen molar-refractivity contribution in [2.24, 2.45) is 0 Å². The Bertz CT molecular complexity index is 1110. The van der Waals surface area contributed by atoms with Gasteiger partial charge in [0.1, 0.15) is 5.76 Å². The van der Waals surface area contributed by atoms with Crippen molar-refractivity contribution in [3.8, 4) is 10.6 Å². The summed E-state index contributed by atoms with van der Waals surface area (Å²) in [5.41, 5.74) is 2.51. The lowest BCUT2D eigenvalue weighted by Crippen LogP contribution is -2.33. The Hall–Kier alpha value is -3.05. The minimum Gasteiger partial charge on any atom is -0.446 e. The van der Waals surface area contributed by atoms with E-state index in [4.69, 9.17) is 9.40 Å². The Labute approximate surface area is 211 Å². The van der Waals surface area contributed by atoms with Crippen LogP contribution in [0.5, 0.6) is 0 Å². The second-order valence-corrected chi connectivity index (χ2v) is 9.28. The van der Waals surface area contributed by atoms with Gasteiger partial charge in [-0.05, 0) is 33.0 Å².